The average Bonchev–Trinajstić information content (AvgIpc) is 3.80. The molecule has 3 heterocycles. The number of anilines is 3. The van der Waals surface area contributed by atoms with Gasteiger partial charge in [0.15, 0.2) is 0 Å². The largest absolute Gasteiger partial charge is 0.438 e. The Kier molecular flexibility index (Phi) is 7.14. The lowest BCUT2D eigenvalue weighted by atomic mass is 9.93. The monoisotopic (exact) mass is 703 g/mol. The molecule has 0 spiro atoms. The summed E-state index contributed by atoms with van der Waals surface area (Å²) in [5.74, 6) is 0. The Labute approximate surface area is 317 Å². The lowest BCUT2D eigenvalue weighted by Gasteiger charge is -2.27. The van der Waals surface area contributed by atoms with Gasteiger partial charge < -0.3 is 13.9 Å². The van der Waals surface area contributed by atoms with Crippen LogP contribution in [0.4, 0.5) is 17.1 Å². The van der Waals surface area contributed by atoms with Gasteiger partial charge in [-0.05, 0) is 93.7 Å². The molecule has 0 aliphatic carbocycles. The average molecular weight is 704 g/mol. The second-order valence-corrected chi connectivity index (χ2v) is 14.0. The molecule has 258 valence electrons. The summed E-state index contributed by atoms with van der Waals surface area (Å²) in [4.78, 5) is 7.19. The van der Waals surface area contributed by atoms with Gasteiger partial charge in [0.1, 0.15) is 5.58 Å². The van der Waals surface area contributed by atoms with E-state index in [2.05, 4.69) is 185 Å². The number of fused-ring (bicyclic) bond motifs is 7. The Balaban J connectivity index is 1.10. The van der Waals surface area contributed by atoms with Gasteiger partial charge in [0.25, 0.3) is 0 Å². The standard InChI is InChI=1S/C51H33N3O/c1-3-13-34(14-4-1)42-28-27-40(31-46(42)35-15-5-2-6-16-35)53(41-32-47-45-19-9-12-22-50(45)55-51(47)52-33-41)38-25-23-37-30-39(26-24-36(37)29-38)54-48-20-10-7-17-43(48)44-18-8-11-21-49(44)54/h1-33H. The van der Waals surface area contributed by atoms with E-state index in [1.54, 1.807) is 0 Å². The second kappa shape index (κ2) is 12.6. The van der Waals surface area contributed by atoms with Crippen molar-refractivity contribution in [2.75, 3.05) is 4.90 Å². The van der Waals surface area contributed by atoms with E-state index in [1.165, 1.54) is 38.3 Å². The third kappa shape index (κ3) is 5.19. The first-order valence-electron chi connectivity index (χ1n) is 18.6. The van der Waals surface area contributed by atoms with E-state index in [0.29, 0.717) is 5.71 Å². The van der Waals surface area contributed by atoms with Crippen molar-refractivity contribution in [1.82, 2.24) is 9.55 Å². The summed E-state index contributed by atoms with van der Waals surface area (Å²) in [6, 6.07) is 69.3. The number of benzene rings is 8. The summed E-state index contributed by atoms with van der Waals surface area (Å²) in [5, 5.41) is 6.87. The summed E-state index contributed by atoms with van der Waals surface area (Å²) < 4.78 is 8.54. The zero-order valence-electron chi connectivity index (χ0n) is 29.8. The summed E-state index contributed by atoms with van der Waals surface area (Å²) in [6.45, 7) is 0. The summed E-state index contributed by atoms with van der Waals surface area (Å²) >= 11 is 0. The van der Waals surface area contributed by atoms with Gasteiger partial charge in [-0.1, -0.05) is 133 Å². The van der Waals surface area contributed by atoms with Crippen LogP contribution in [0.2, 0.25) is 0 Å². The van der Waals surface area contributed by atoms with E-state index in [0.717, 1.165) is 55.6 Å². The molecule has 0 saturated carbocycles. The Bertz CT molecular complexity index is 3160. The third-order valence-electron chi connectivity index (χ3n) is 10.8. The fourth-order valence-corrected chi connectivity index (χ4v) is 8.26. The van der Waals surface area contributed by atoms with Crippen LogP contribution in [0.1, 0.15) is 0 Å². The van der Waals surface area contributed by atoms with Crippen molar-refractivity contribution in [3.8, 4) is 27.9 Å². The van der Waals surface area contributed by atoms with Crippen molar-refractivity contribution in [1.29, 1.82) is 0 Å². The molecule has 0 aliphatic rings. The molecule has 8 aromatic carbocycles. The first-order valence-corrected chi connectivity index (χ1v) is 18.6. The molecule has 4 heteroatoms. The number of nitrogens with zero attached hydrogens (tertiary/aromatic N) is 3. The number of pyridine rings is 1. The molecule has 11 aromatic rings. The Morgan fingerprint density at radius 3 is 1.75 bits per heavy atom. The highest BCUT2D eigenvalue weighted by molar-refractivity contribution is 6.10. The van der Waals surface area contributed by atoms with Crippen LogP contribution in [0.5, 0.6) is 0 Å². The van der Waals surface area contributed by atoms with E-state index >= 15 is 0 Å². The maximum absolute atomic E-state index is 6.16. The smallest absolute Gasteiger partial charge is 0.227 e. The minimum Gasteiger partial charge on any atom is -0.438 e. The summed E-state index contributed by atoms with van der Waals surface area (Å²) in [7, 11) is 0. The zero-order valence-corrected chi connectivity index (χ0v) is 29.8. The second-order valence-electron chi connectivity index (χ2n) is 14.0. The molecule has 0 atom stereocenters. The van der Waals surface area contributed by atoms with E-state index in [-0.39, 0.29) is 0 Å². The predicted molar refractivity (Wildman–Crippen MR) is 229 cm³/mol. The van der Waals surface area contributed by atoms with Gasteiger partial charge in [-0.3, -0.25) is 0 Å². The van der Waals surface area contributed by atoms with Gasteiger partial charge in [0, 0.05) is 33.2 Å². The fourth-order valence-electron chi connectivity index (χ4n) is 8.26. The highest BCUT2D eigenvalue weighted by atomic mass is 16.3. The lowest BCUT2D eigenvalue weighted by Crippen LogP contribution is -2.10. The van der Waals surface area contributed by atoms with E-state index in [9.17, 15) is 0 Å². The molecule has 3 aromatic heterocycles. The number of hydrogen-bond acceptors (Lipinski definition) is 3. The van der Waals surface area contributed by atoms with Crippen LogP contribution in [0.3, 0.4) is 0 Å². The predicted octanol–water partition coefficient (Wildman–Crippen LogP) is 14.0. The number of aromatic nitrogens is 2. The van der Waals surface area contributed by atoms with Crippen molar-refractivity contribution in [2.45, 2.75) is 0 Å². The molecule has 0 fully saturated rings. The van der Waals surface area contributed by atoms with Gasteiger partial charge in [-0.2, -0.15) is 0 Å². The zero-order chi connectivity index (χ0) is 36.3. The summed E-state index contributed by atoms with van der Waals surface area (Å²) in [6.07, 6.45) is 1.92. The molecule has 0 amide bonds. The lowest BCUT2D eigenvalue weighted by molar-refractivity contribution is 0.654. The van der Waals surface area contributed by atoms with E-state index in [4.69, 9.17) is 9.40 Å². The highest BCUT2D eigenvalue weighted by Crippen LogP contribution is 2.43. The van der Waals surface area contributed by atoms with Gasteiger partial charge in [0.2, 0.25) is 5.71 Å². The topological polar surface area (TPSA) is 34.2 Å². The molecule has 0 saturated heterocycles. The van der Waals surface area contributed by atoms with Crippen molar-refractivity contribution < 1.29 is 4.42 Å². The van der Waals surface area contributed by atoms with Crippen LogP contribution < -0.4 is 4.90 Å². The molecule has 0 bridgehead atoms. The molecule has 0 unspecified atom stereocenters. The van der Waals surface area contributed by atoms with E-state index < -0.39 is 0 Å². The Morgan fingerprint density at radius 1 is 0.418 bits per heavy atom. The molecular weight excluding hydrogens is 671 g/mol. The van der Waals surface area contributed by atoms with Gasteiger partial charge in [-0.25, -0.2) is 4.98 Å². The Hall–Kier alpha value is -7.43. The first-order chi connectivity index (χ1) is 27.3. The normalized spacial score (nSPS) is 11.6. The third-order valence-corrected chi connectivity index (χ3v) is 10.8. The van der Waals surface area contributed by atoms with Gasteiger partial charge >= 0.3 is 0 Å². The molecular formula is C51H33N3O. The molecule has 0 N–H and O–H groups in total. The SMILES string of the molecule is c1ccc(-c2ccc(N(c3ccc4cc(-n5c6ccccc6c6ccccc65)ccc4c3)c3cnc4oc5ccccc5c4c3)cc2-c2ccccc2)cc1. The summed E-state index contributed by atoms with van der Waals surface area (Å²) in [5.41, 5.74) is 12.7. The fraction of sp³-hybridized carbons (Fsp3) is 0. The van der Waals surface area contributed by atoms with Crippen molar-refractivity contribution in [2.24, 2.45) is 0 Å². The van der Waals surface area contributed by atoms with Crippen LogP contribution in [0, 0.1) is 0 Å². The van der Waals surface area contributed by atoms with Gasteiger partial charge in [-0.15, -0.1) is 0 Å². The number of para-hydroxylation sites is 3. The Morgan fingerprint density at radius 2 is 1.00 bits per heavy atom. The molecule has 4 nitrogen and oxygen atoms in total. The number of hydrogen-bond donors (Lipinski definition) is 0. The van der Waals surface area contributed by atoms with E-state index in [1.807, 2.05) is 24.4 Å². The quantitative estimate of drug-likeness (QED) is 0.173. The minimum atomic E-state index is 0.630. The minimum absolute atomic E-state index is 0.630. The first kappa shape index (κ1) is 31.1. The van der Waals surface area contributed by atoms with Crippen molar-refractivity contribution >= 4 is 71.7 Å². The van der Waals surface area contributed by atoms with Crippen LogP contribution in [0.15, 0.2) is 205 Å². The number of furan rings is 1. The highest BCUT2D eigenvalue weighted by Gasteiger charge is 2.20. The van der Waals surface area contributed by atoms with Crippen LogP contribution in [-0.2, 0) is 0 Å². The molecule has 55 heavy (non-hydrogen) atoms. The number of rotatable bonds is 6. The van der Waals surface area contributed by atoms with Crippen LogP contribution in [0.25, 0.3) is 82.6 Å². The van der Waals surface area contributed by atoms with Crippen molar-refractivity contribution in [3.63, 3.8) is 0 Å². The molecule has 0 aliphatic heterocycles. The van der Waals surface area contributed by atoms with Crippen LogP contribution in [-0.4, -0.2) is 9.55 Å². The maximum Gasteiger partial charge on any atom is 0.227 e. The molecule has 0 radical (unpaired) electrons. The van der Waals surface area contributed by atoms with Crippen LogP contribution >= 0.6 is 0 Å². The maximum atomic E-state index is 6.16. The van der Waals surface area contributed by atoms with Crippen molar-refractivity contribution in [3.05, 3.63) is 200 Å². The molecule has 11 rings (SSSR count). The van der Waals surface area contributed by atoms with Gasteiger partial charge in [0.05, 0.1) is 28.3 Å².